The summed E-state index contributed by atoms with van der Waals surface area (Å²) in [5.74, 6) is -0.0985. The first-order chi connectivity index (χ1) is 8.06. The van der Waals surface area contributed by atoms with Crippen LogP contribution in [0.15, 0.2) is 18.2 Å². The average Bonchev–Trinajstić information content (AvgIpc) is 2.28. The van der Waals surface area contributed by atoms with Gasteiger partial charge in [0.2, 0.25) is 0 Å². The lowest BCUT2D eigenvalue weighted by Crippen LogP contribution is -2.29. The van der Waals surface area contributed by atoms with E-state index in [9.17, 15) is 4.79 Å². The highest BCUT2D eigenvalue weighted by Gasteiger charge is 2.14. The molecule has 0 heterocycles. The Morgan fingerprint density at radius 1 is 1.41 bits per heavy atom. The van der Waals surface area contributed by atoms with Gasteiger partial charge in [0.1, 0.15) is 0 Å². The molecule has 17 heavy (non-hydrogen) atoms. The minimum atomic E-state index is -0.0985. The van der Waals surface area contributed by atoms with Crippen molar-refractivity contribution in [3.05, 3.63) is 23.8 Å². The van der Waals surface area contributed by atoms with Crippen LogP contribution in [0.5, 0.6) is 0 Å². The molecular formula is C12H19N3O2. The van der Waals surface area contributed by atoms with Gasteiger partial charge in [-0.2, -0.15) is 0 Å². The van der Waals surface area contributed by atoms with Crippen molar-refractivity contribution in [3.63, 3.8) is 0 Å². The van der Waals surface area contributed by atoms with Crippen molar-refractivity contribution in [3.8, 4) is 0 Å². The number of anilines is 2. The maximum absolute atomic E-state index is 12.0. The Morgan fingerprint density at radius 3 is 2.71 bits per heavy atom. The molecule has 0 aromatic heterocycles. The molecular weight excluding hydrogens is 218 g/mol. The molecule has 0 saturated heterocycles. The standard InChI is InChI=1S/C12H19N3O2/c1-15(6-3-7-17-2)12(16)10-5-4-9(13)8-11(10)14/h4-5,8H,3,6-7,13-14H2,1-2H3. The number of nitrogens with two attached hydrogens (primary N) is 2. The molecule has 0 aliphatic carbocycles. The Hall–Kier alpha value is -1.75. The third-order valence-corrected chi connectivity index (χ3v) is 2.49. The third kappa shape index (κ3) is 3.64. The van der Waals surface area contributed by atoms with Gasteiger partial charge < -0.3 is 21.1 Å². The van der Waals surface area contributed by atoms with Crippen LogP contribution in [-0.4, -0.2) is 38.1 Å². The van der Waals surface area contributed by atoms with Crippen LogP contribution in [0.2, 0.25) is 0 Å². The van der Waals surface area contributed by atoms with Gasteiger partial charge in [-0.3, -0.25) is 4.79 Å². The van der Waals surface area contributed by atoms with E-state index < -0.39 is 0 Å². The summed E-state index contributed by atoms with van der Waals surface area (Å²) in [6.45, 7) is 1.27. The van der Waals surface area contributed by atoms with Crippen molar-refractivity contribution in [1.82, 2.24) is 4.90 Å². The summed E-state index contributed by atoms with van der Waals surface area (Å²) in [4.78, 5) is 13.7. The molecule has 1 aromatic carbocycles. The maximum Gasteiger partial charge on any atom is 0.255 e. The zero-order chi connectivity index (χ0) is 12.8. The van der Waals surface area contributed by atoms with Gasteiger partial charge in [0.05, 0.1) is 5.56 Å². The molecule has 1 amide bonds. The van der Waals surface area contributed by atoms with Gasteiger partial charge >= 0.3 is 0 Å². The van der Waals surface area contributed by atoms with E-state index in [0.29, 0.717) is 30.1 Å². The molecule has 0 aliphatic heterocycles. The highest BCUT2D eigenvalue weighted by Crippen LogP contribution is 2.17. The quantitative estimate of drug-likeness (QED) is 0.590. The summed E-state index contributed by atoms with van der Waals surface area (Å²) in [5.41, 5.74) is 12.8. The second-order valence-corrected chi connectivity index (χ2v) is 3.92. The van der Waals surface area contributed by atoms with Gasteiger partial charge in [0.15, 0.2) is 0 Å². The number of hydrogen-bond acceptors (Lipinski definition) is 4. The van der Waals surface area contributed by atoms with E-state index in [0.717, 1.165) is 6.42 Å². The SMILES string of the molecule is COCCCN(C)C(=O)c1ccc(N)cc1N. The van der Waals surface area contributed by atoms with Crippen molar-refractivity contribution in [1.29, 1.82) is 0 Å². The number of ether oxygens (including phenoxy) is 1. The minimum absolute atomic E-state index is 0.0985. The van der Waals surface area contributed by atoms with Gasteiger partial charge in [0, 0.05) is 38.7 Å². The number of carbonyl (C=O) groups excluding carboxylic acids is 1. The molecule has 0 atom stereocenters. The Balaban J connectivity index is 2.68. The molecule has 0 saturated carbocycles. The minimum Gasteiger partial charge on any atom is -0.399 e. The predicted octanol–water partition coefficient (Wildman–Crippen LogP) is 0.960. The van der Waals surface area contributed by atoms with E-state index >= 15 is 0 Å². The third-order valence-electron chi connectivity index (χ3n) is 2.49. The van der Waals surface area contributed by atoms with Crippen molar-refractivity contribution in [2.45, 2.75) is 6.42 Å². The van der Waals surface area contributed by atoms with E-state index in [-0.39, 0.29) is 5.91 Å². The van der Waals surface area contributed by atoms with Crippen LogP contribution < -0.4 is 11.5 Å². The molecule has 0 radical (unpaired) electrons. The van der Waals surface area contributed by atoms with Crippen LogP contribution >= 0.6 is 0 Å². The van der Waals surface area contributed by atoms with Crippen LogP contribution in [0.1, 0.15) is 16.8 Å². The highest BCUT2D eigenvalue weighted by atomic mass is 16.5. The first kappa shape index (κ1) is 13.3. The second-order valence-electron chi connectivity index (χ2n) is 3.92. The monoisotopic (exact) mass is 237 g/mol. The van der Waals surface area contributed by atoms with Crippen LogP contribution in [0.25, 0.3) is 0 Å². The van der Waals surface area contributed by atoms with E-state index in [4.69, 9.17) is 16.2 Å². The van der Waals surface area contributed by atoms with Gasteiger partial charge in [0.25, 0.3) is 5.91 Å². The molecule has 0 fully saturated rings. The van der Waals surface area contributed by atoms with Crippen molar-refractivity contribution < 1.29 is 9.53 Å². The first-order valence-electron chi connectivity index (χ1n) is 5.45. The van der Waals surface area contributed by atoms with Crippen molar-refractivity contribution in [2.75, 3.05) is 38.8 Å². The van der Waals surface area contributed by atoms with E-state index in [1.165, 1.54) is 0 Å². The summed E-state index contributed by atoms with van der Waals surface area (Å²) in [6.07, 6.45) is 0.799. The first-order valence-corrected chi connectivity index (χ1v) is 5.45. The fourth-order valence-corrected chi connectivity index (χ4v) is 1.53. The van der Waals surface area contributed by atoms with E-state index in [1.54, 1.807) is 37.3 Å². The second kappa shape index (κ2) is 6.10. The predicted molar refractivity (Wildman–Crippen MR) is 68.7 cm³/mol. The largest absolute Gasteiger partial charge is 0.399 e. The number of benzene rings is 1. The average molecular weight is 237 g/mol. The van der Waals surface area contributed by atoms with Gasteiger partial charge in [-0.25, -0.2) is 0 Å². The molecule has 4 N–H and O–H groups in total. The number of amides is 1. The van der Waals surface area contributed by atoms with Gasteiger partial charge in [-0.15, -0.1) is 0 Å². The molecule has 0 aliphatic rings. The molecule has 5 heteroatoms. The Labute approximate surface area is 101 Å². The van der Waals surface area contributed by atoms with Crippen molar-refractivity contribution in [2.24, 2.45) is 0 Å². The van der Waals surface area contributed by atoms with Gasteiger partial charge in [-0.1, -0.05) is 0 Å². The number of hydrogen-bond donors (Lipinski definition) is 2. The summed E-state index contributed by atoms with van der Waals surface area (Å²) < 4.78 is 4.94. The summed E-state index contributed by atoms with van der Waals surface area (Å²) in [5, 5.41) is 0. The normalized spacial score (nSPS) is 10.2. The number of methoxy groups -OCH3 is 1. The number of rotatable bonds is 5. The number of nitrogens with zero attached hydrogens (tertiary/aromatic N) is 1. The van der Waals surface area contributed by atoms with Crippen LogP contribution in [0.4, 0.5) is 11.4 Å². The molecule has 0 spiro atoms. The Kier molecular flexibility index (Phi) is 4.78. The lowest BCUT2D eigenvalue weighted by Gasteiger charge is -2.18. The zero-order valence-corrected chi connectivity index (χ0v) is 10.3. The topological polar surface area (TPSA) is 81.6 Å². The smallest absolute Gasteiger partial charge is 0.255 e. The van der Waals surface area contributed by atoms with Crippen LogP contribution in [-0.2, 0) is 4.74 Å². The number of carbonyl (C=O) groups is 1. The Bertz CT molecular complexity index is 393. The summed E-state index contributed by atoms with van der Waals surface area (Å²) in [6, 6.07) is 4.92. The van der Waals surface area contributed by atoms with Gasteiger partial charge in [-0.05, 0) is 24.6 Å². The van der Waals surface area contributed by atoms with Crippen LogP contribution in [0.3, 0.4) is 0 Å². The highest BCUT2D eigenvalue weighted by molar-refractivity contribution is 5.99. The van der Waals surface area contributed by atoms with Crippen LogP contribution in [0, 0.1) is 0 Å². The molecule has 5 nitrogen and oxygen atoms in total. The number of nitrogen functional groups attached to an aromatic ring is 2. The van der Waals surface area contributed by atoms with E-state index in [2.05, 4.69) is 0 Å². The molecule has 0 unspecified atom stereocenters. The lowest BCUT2D eigenvalue weighted by molar-refractivity contribution is 0.0780. The summed E-state index contributed by atoms with van der Waals surface area (Å²) in [7, 11) is 3.38. The molecule has 94 valence electrons. The molecule has 1 aromatic rings. The molecule has 1 rings (SSSR count). The fourth-order valence-electron chi connectivity index (χ4n) is 1.53. The lowest BCUT2D eigenvalue weighted by atomic mass is 10.1. The maximum atomic E-state index is 12.0. The van der Waals surface area contributed by atoms with E-state index in [1.807, 2.05) is 0 Å². The summed E-state index contributed by atoms with van der Waals surface area (Å²) >= 11 is 0. The fraction of sp³-hybridized carbons (Fsp3) is 0.417. The Morgan fingerprint density at radius 2 is 2.12 bits per heavy atom. The zero-order valence-electron chi connectivity index (χ0n) is 10.3. The molecule has 0 bridgehead atoms. The van der Waals surface area contributed by atoms with Crippen molar-refractivity contribution >= 4 is 17.3 Å².